The van der Waals surface area contributed by atoms with E-state index in [1.165, 1.54) is 11.4 Å². The van der Waals surface area contributed by atoms with Gasteiger partial charge < -0.3 is 4.90 Å². The molecule has 0 unspecified atom stereocenters. The van der Waals surface area contributed by atoms with Crippen LogP contribution in [0.4, 0.5) is 11.4 Å². The zero-order chi connectivity index (χ0) is 9.80. The standard InChI is InChI=1S/C13H13N.N/c1-14(12-8-4-2-5-9-12)13-10-6-3-7-11-13;/h2-11H,1H3;. The second-order valence-corrected chi connectivity index (χ2v) is 3.23. The molecule has 2 rings (SSSR count). The van der Waals surface area contributed by atoms with Crippen molar-refractivity contribution in [3.05, 3.63) is 60.7 Å². The van der Waals surface area contributed by atoms with Crippen LogP contribution in [0.2, 0.25) is 0 Å². The summed E-state index contributed by atoms with van der Waals surface area (Å²) >= 11 is 0. The summed E-state index contributed by atoms with van der Waals surface area (Å²) in [5.74, 6) is 0. The summed E-state index contributed by atoms with van der Waals surface area (Å²) in [5, 5.41) is 0. The third-order valence-electron chi connectivity index (χ3n) is 2.29. The molecule has 0 N–H and O–H groups in total. The van der Waals surface area contributed by atoms with Gasteiger partial charge in [-0.2, -0.15) is 0 Å². The van der Waals surface area contributed by atoms with Crippen LogP contribution in [0, 0.1) is 0 Å². The Kier molecular flexibility index (Phi) is 3.89. The van der Waals surface area contributed by atoms with Gasteiger partial charge in [0, 0.05) is 24.6 Å². The first kappa shape index (κ1) is 11.3. The molecule has 0 spiro atoms. The fourth-order valence-electron chi connectivity index (χ4n) is 1.45. The van der Waals surface area contributed by atoms with Gasteiger partial charge in [-0.05, 0) is 24.3 Å². The smallest absolute Gasteiger partial charge is 0.0408 e. The normalized spacial score (nSPS) is 9.13. The van der Waals surface area contributed by atoms with Crippen molar-refractivity contribution in [2.75, 3.05) is 11.9 Å². The molecule has 0 atom stereocenters. The van der Waals surface area contributed by atoms with Gasteiger partial charge in [-0.1, -0.05) is 36.4 Å². The Morgan fingerprint density at radius 2 is 1.00 bits per heavy atom. The predicted molar refractivity (Wildman–Crippen MR) is 63.1 cm³/mol. The summed E-state index contributed by atoms with van der Waals surface area (Å²) in [5.41, 5.74) is 2.41. The molecule has 2 nitrogen and oxygen atoms in total. The molecule has 0 saturated carbocycles. The Bertz CT molecular complexity index is 344. The summed E-state index contributed by atoms with van der Waals surface area (Å²) in [6.07, 6.45) is 0. The molecule has 0 aliphatic rings. The minimum absolute atomic E-state index is 0. The SMILES string of the molecule is CN(c1ccccc1)c1ccccc1.[N]. The molecule has 0 aromatic heterocycles. The van der Waals surface area contributed by atoms with E-state index in [2.05, 4.69) is 60.5 Å². The van der Waals surface area contributed by atoms with Crippen molar-refractivity contribution in [3.63, 3.8) is 0 Å². The highest BCUT2D eigenvalue weighted by Crippen LogP contribution is 2.21. The number of rotatable bonds is 2. The Hall–Kier alpha value is -1.80. The van der Waals surface area contributed by atoms with Gasteiger partial charge in [0.15, 0.2) is 0 Å². The average molecular weight is 197 g/mol. The van der Waals surface area contributed by atoms with Crippen LogP contribution in [-0.4, -0.2) is 7.05 Å². The number of nitrogens with zero attached hydrogens (tertiary/aromatic N) is 2. The third kappa shape index (κ3) is 2.58. The minimum atomic E-state index is 0. The summed E-state index contributed by atoms with van der Waals surface area (Å²) < 4.78 is 0. The van der Waals surface area contributed by atoms with Gasteiger partial charge in [-0.15, -0.1) is 0 Å². The molecule has 0 fully saturated rings. The molecule has 0 saturated heterocycles. The maximum absolute atomic E-state index is 2.17. The Morgan fingerprint density at radius 1 is 0.667 bits per heavy atom. The van der Waals surface area contributed by atoms with Crippen LogP contribution >= 0.6 is 0 Å². The molecule has 3 radical (unpaired) electrons. The fourth-order valence-corrected chi connectivity index (χ4v) is 1.45. The van der Waals surface area contributed by atoms with E-state index >= 15 is 0 Å². The van der Waals surface area contributed by atoms with Crippen molar-refractivity contribution in [2.24, 2.45) is 0 Å². The molecule has 0 aliphatic heterocycles. The average Bonchev–Trinajstić information content (AvgIpc) is 2.30. The Balaban J connectivity index is 0.00000112. The van der Waals surface area contributed by atoms with Crippen molar-refractivity contribution in [3.8, 4) is 0 Å². The van der Waals surface area contributed by atoms with E-state index in [0.29, 0.717) is 0 Å². The highest BCUT2D eigenvalue weighted by molar-refractivity contribution is 5.61. The number of hydrogen-bond donors (Lipinski definition) is 0. The van der Waals surface area contributed by atoms with Crippen LogP contribution in [0.25, 0.3) is 0 Å². The Morgan fingerprint density at radius 3 is 1.33 bits per heavy atom. The minimum Gasteiger partial charge on any atom is -0.345 e. The zero-order valence-corrected chi connectivity index (χ0v) is 8.67. The van der Waals surface area contributed by atoms with Crippen molar-refractivity contribution in [1.29, 1.82) is 0 Å². The first-order valence-electron chi connectivity index (χ1n) is 4.72. The monoisotopic (exact) mass is 197 g/mol. The van der Waals surface area contributed by atoms with Gasteiger partial charge in [0.05, 0.1) is 0 Å². The molecule has 0 bridgehead atoms. The number of benzene rings is 2. The number of para-hydroxylation sites is 2. The van der Waals surface area contributed by atoms with E-state index in [0.717, 1.165) is 0 Å². The van der Waals surface area contributed by atoms with Crippen LogP contribution in [0.5, 0.6) is 0 Å². The van der Waals surface area contributed by atoms with Gasteiger partial charge in [-0.25, -0.2) is 0 Å². The predicted octanol–water partition coefficient (Wildman–Crippen LogP) is 2.97. The lowest BCUT2D eigenvalue weighted by Gasteiger charge is -2.18. The van der Waals surface area contributed by atoms with Gasteiger partial charge >= 0.3 is 0 Å². The van der Waals surface area contributed by atoms with Crippen LogP contribution in [0.15, 0.2) is 60.7 Å². The fraction of sp³-hybridized carbons (Fsp3) is 0.0769. The number of anilines is 2. The first-order valence-corrected chi connectivity index (χ1v) is 4.72. The number of hydrogen-bond acceptors (Lipinski definition) is 1. The summed E-state index contributed by atoms with van der Waals surface area (Å²) in [6, 6.07) is 20.7. The molecule has 0 heterocycles. The van der Waals surface area contributed by atoms with E-state index in [-0.39, 0.29) is 6.15 Å². The quantitative estimate of drug-likeness (QED) is 0.728. The Labute approximate surface area is 90.7 Å². The van der Waals surface area contributed by atoms with Crippen LogP contribution < -0.4 is 11.1 Å². The van der Waals surface area contributed by atoms with E-state index in [1.54, 1.807) is 0 Å². The van der Waals surface area contributed by atoms with Crippen LogP contribution in [0.1, 0.15) is 0 Å². The van der Waals surface area contributed by atoms with E-state index < -0.39 is 0 Å². The van der Waals surface area contributed by atoms with Crippen molar-refractivity contribution < 1.29 is 0 Å². The molecule has 0 aliphatic carbocycles. The maximum atomic E-state index is 2.17. The van der Waals surface area contributed by atoms with E-state index in [9.17, 15) is 0 Å². The van der Waals surface area contributed by atoms with E-state index in [1.807, 2.05) is 12.1 Å². The lowest BCUT2D eigenvalue weighted by molar-refractivity contribution is 1.21. The molecular formula is C13H13N2. The second kappa shape index (κ2) is 5.17. The summed E-state index contributed by atoms with van der Waals surface area (Å²) in [4.78, 5) is 2.17. The van der Waals surface area contributed by atoms with Gasteiger partial charge in [0.25, 0.3) is 0 Å². The zero-order valence-electron chi connectivity index (χ0n) is 8.67. The third-order valence-corrected chi connectivity index (χ3v) is 2.29. The lowest BCUT2D eigenvalue weighted by Crippen LogP contribution is -2.08. The largest absolute Gasteiger partial charge is 0.345 e. The topological polar surface area (TPSA) is 33.7 Å². The molecule has 75 valence electrons. The van der Waals surface area contributed by atoms with Crippen LogP contribution in [-0.2, 0) is 0 Å². The molecular weight excluding hydrogens is 184 g/mol. The molecule has 2 aromatic rings. The molecule has 2 heteroatoms. The van der Waals surface area contributed by atoms with Crippen molar-refractivity contribution in [2.45, 2.75) is 0 Å². The van der Waals surface area contributed by atoms with Crippen LogP contribution in [0.3, 0.4) is 0 Å². The maximum Gasteiger partial charge on any atom is 0.0408 e. The lowest BCUT2D eigenvalue weighted by atomic mass is 10.2. The summed E-state index contributed by atoms with van der Waals surface area (Å²) in [6.45, 7) is 0. The molecule has 15 heavy (non-hydrogen) atoms. The summed E-state index contributed by atoms with van der Waals surface area (Å²) in [7, 11) is 2.07. The molecule has 2 aromatic carbocycles. The van der Waals surface area contributed by atoms with Crippen molar-refractivity contribution >= 4 is 11.4 Å². The van der Waals surface area contributed by atoms with Gasteiger partial charge in [-0.3, -0.25) is 0 Å². The highest BCUT2D eigenvalue weighted by Gasteiger charge is 2.00. The van der Waals surface area contributed by atoms with E-state index in [4.69, 9.17) is 0 Å². The highest BCUT2D eigenvalue weighted by atomic mass is 15.1. The van der Waals surface area contributed by atoms with Crippen molar-refractivity contribution in [1.82, 2.24) is 6.15 Å². The van der Waals surface area contributed by atoms with Gasteiger partial charge in [0.2, 0.25) is 0 Å². The molecule has 0 amide bonds. The van der Waals surface area contributed by atoms with Gasteiger partial charge in [0.1, 0.15) is 0 Å². The first-order chi connectivity index (χ1) is 6.88. The second-order valence-electron chi connectivity index (χ2n) is 3.23.